The first-order valence-corrected chi connectivity index (χ1v) is 12.2. The normalized spacial score (nSPS) is 11.2. The van der Waals surface area contributed by atoms with Gasteiger partial charge < -0.3 is 19.5 Å². The van der Waals surface area contributed by atoms with Gasteiger partial charge in [0, 0.05) is 25.3 Å². The number of sulfonamides is 1. The van der Waals surface area contributed by atoms with Crippen LogP contribution in [0.2, 0.25) is 0 Å². The number of anilines is 1. The largest absolute Gasteiger partial charge is 0.490 e. The van der Waals surface area contributed by atoms with E-state index < -0.39 is 15.9 Å². The van der Waals surface area contributed by atoms with Gasteiger partial charge in [-0.3, -0.25) is 4.79 Å². The smallest absolute Gasteiger partial charge is 0.255 e. The van der Waals surface area contributed by atoms with Gasteiger partial charge in [0.15, 0.2) is 11.5 Å². The summed E-state index contributed by atoms with van der Waals surface area (Å²) in [7, 11) is -0.710. The fraction of sp³-hybridized carbons (Fsp3) is 0.240. The predicted octanol–water partition coefficient (Wildman–Crippen LogP) is 4.05. The Kier molecular flexibility index (Phi) is 8.50. The van der Waals surface area contributed by atoms with Crippen molar-refractivity contribution in [3.05, 3.63) is 78.4 Å². The van der Waals surface area contributed by atoms with Crippen LogP contribution in [0.3, 0.4) is 0 Å². The van der Waals surface area contributed by atoms with Crippen molar-refractivity contribution in [2.24, 2.45) is 0 Å². The molecule has 0 saturated carbocycles. The summed E-state index contributed by atoms with van der Waals surface area (Å²) in [5.41, 5.74) is 0.710. The lowest BCUT2D eigenvalue weighted by Crippen LogP contribution is -2.22. The van der Waals surface area contributed by atoms with Crippen molar-refractivity contribution < 1.29 is 27.4 Å². The van der Waals surface area contributed by atoms with Crippen molar-refractivity contribution in [2.45, 2.75) is 11.8 Å². The molecule has 1 amide bonds. The molecule has 1 N–H and O–H groups in total. The Hall–Kier alpha value is -3.56. The predicted molar refractivity (Wildman–Crippen MR) is 130 cm³/mol. The summed E-state index contributed by atoms with van der Waals surface area (Å²) >= 11 is 0. The average Bonchev–Trinajstić information content (AvgIpc) is 2.83. The highest BCUT2D eigenvalue weighted by atomic mass is 32.2. The van der Waals surface area contributed by atoms with Gasteiger partial charge in [-0.15, -0.1) is 0 Å². The number of hydrogen-bond donors (Lipinski definition) is 1. The molecule has 0 aliphatic heterocycles. The second-order valence-corrected chi connectivity index (χ2v) is 9.53. The zero-order valence-electron chi connectivity index (χ0n) is 19.4. The molecule has 0 unspecified atom stereocenters. The summed E-state index contributed by atoms with van der Waals surface area (Å²) in [6.07, 6.45) is 0. The molecule has 9 heteroatoms. The van der Waals surface area contributed by atoms with Crippen molar-refractivity contribution >= 4 is 21.6 Å². The van der Waals surface area contributed by atoms with Crippen LogP contribution in [0, 0.1) is 0 Å². The van der Waals surface area contributed by atoms with E-state index in [4.69, 9.17) is 14.2 Å². The maximum Gasteiger partial charge on any atom is 0.255 e. The van der Waals surface area contributed by atoms with Crippen LogP contribution in [-0.2, 0) is 10.0 Å². The molecule has 0 aromatic heterocycles. The summed E-state index contributed by atoms with van der Waals surface area (Å²) in [4.78, 5) is 12.9. The Bertz CT molecular complexity index is 1210. The first-order chi connectivity index (χ1) is 16.3. The minimum atomic E-state index is -3.61. The molecule has 0 atom stereocenters. The average molecular weight is 485 g/mol. The number of hydrogen-bond acceptors (Lipinski definition) is 6. The van der Waals surface area contributed by atoms with Crippen LogP contribution in [0.1, 0.15) is 17.3 Å². The summed E-state index contributed by atoms with van der Waals surface area (Å²) < 4.78 is 42.9. The second kappa shape index (κ2) is 11.5. The highest BCUT2D eigenvalue weighted by molar-refractivity contribution is 7.89. The van der Waals surface area contributed by atoms with E-state index in [1.807, 2.05) is 37.3 Å². The summed E-state index contributed by atoms with van der Waals surface area (Å²) in [6.45, 7) is 2.88. The van der Waals surface area contributed by atoms with Crippen molar-refractivity contribution in [3.63, 3.8) is 0 Å². The highest BCUT2D eigenvalue weighted by Gasteiger charge is 2.18. The number of nitrogens with one attached hydrogen (secondary N) is 1. The molecule has 8 nitrogen and oxygen atoms in total. The van der Waals surface area contributed by atoms with Gasteiger partial charge in [0.2, 0.25) is 10.0 Å². The monoisotopic (exact) mass is 484 g/mol. The quantitative estimate of drug-likeness (QED) is 0.413. The number of rotatable bonds is 11. The molecule has 0 aliphatic rings. The number of amides is 1. The Balaban J connectivity index is 1.67. The Labute approximate surface area is 200 Å². The fourth-order valence-corrected chi connectivity index (χ4v) is 3.96. The van der Waals surface area contributed by atoms with Crippen LogP contribution in [0.4, 0.5) is 5.69 Å². The lowest BCUT2D eigenvalue weighted by Gasteiger charge is -2.15. The minimum absolute atomic E-state index is 0.0896. The molecule has 0 saturated heterocycles. The third-order valence-electron chi connectivity index (χ3n) is 4.73. The van der Waals surface area contributed by atoms with Crippen molar-refractivity contribution in [1.29, 1.82) is 0 Å². The van der Waals surface area contributed by atoms with E-state index >= 15 is 0 Å². The van der Waals surface area contributed by atoms with E-state index in [2.05, 4.69) is 5.32 Å². The molecule has 0 bridgehead atoms. The van der Waals surface area contributed by atoms with E-state index in [9.17, 15) is 13.2 Å². The van der Waals surface area contributed by atoms with Gasteiger partial charge in [0.25, 0.3) is 5.91 Å². The zero-order chi connectivity index (χ0) is 24.6. The fourth-order valence-electron chi connectivity index (χ4n) is 3.01. The number of para-hydroxylation sites is 1. The lowest BCUT2D eigenvalue weighted by molar-refractivity contribution is 0.102. The summed E-state index contributed by atoms with van der Waals surface area (Å²) in [5, 5.41) is 2.73. The molecule has 0 heterocycles. The van der Waals surface area contributed by atoms with Crippen LogP contribution in [-0.4, -0.2) is 52.5 Å². The highest BCUT2D eigenvalue weighted by Crippen LogP contribution is 2.29. The van der Waals surface area contributed by atoms with E-state index in [1.165, 1.54) is 26.2 Å². The SMILES string of the molecule is CCOc1cc(C(=O)Nc2cccc(S(=O)(=O)N(C)C)c2)ccc1OCCOc1ccccc1. The zero-order valence-corrected chi connectivity index (χ0v) is 20.2. The first kappa shape index (κ1) is 25.1. The van der Waals surface area contributed by atoms with Crippen LogP contribution in [0.5, 0.6) is 17.2 Å². The van der Waals surface area contributed by atoms with Crippen molar-refractivity contribution in [2.75, 3.05) is 39.2 Å². The summed E-state index contributed by atoms with van der Waals surface area (Å²) in [6, 6.07) is 20.4. The van der Waals surface area contributed by atoms with Gasteiger partial charge in [0.1, 0.15) is 19.0 Å². The van der Waals surface area contributed by atoms with Gasteiger partial charge in [-0.05, 0) is 55.5 Å². The number of carbonyl (C=O) groups is 1. The van der Waals surface area contributed by atoms with E-state index in [1.54, 1.807) is 30.3 Å². The van der Waals surface area contributed by atoms with Crippen molar-refractivity contribution in [1.82, 2.24) is 4.31 Å². The number of nitrogens with zero attached hydrogens (tertiary/aromatic N) is 1. The van der Waals surface area contributed by atoms with E-state index in [-0.39, 0.29) is 4.90 Å². The van der Waals surface area contributed by atoms with Crippen LogP contribution in [0.15, 0.2) is 77.7 Å². The molecule has 3 rings (SSSR count). The van der Waals surface area contributed by atoms with Gasteiger partial charge in [-0.25, -0.2) is 12.7 Å². The molecule has 34 heavy (non-hydrogen) atoms. The Morgan fingerprint density at radius 3 is 2.29 bits per heavy atom. The van der Waals surface area contributed by atoms with Gasteiger partial charge in [0.05, 0.1) is 11.5 Å². The molecule has 0 spiro atoms. The molecule has 0 aliphatic carbocycles. The third kappa shape index (κ3) is 6.49. The van der Waals surface area contributed by atoms with E-state index in [0.29, 0.717) is 42.6 Å². The Morgan fingerprint density at radius 2 is 1.59 bits per heavy atom. The van der Waals surface area contributed by atoms with Gasteiger partial charge in [-0.1, -0.05) is 24.3 Å². The molecular weight excluding hydrogens is 456 g/mol. The number of ether oxygens (including phenoxy) is 3. The standard InChI is InChI=1S/C25H28N2O6S/c1-4-31-24-17-19(13-14-23(24)33-16-15-32-21-10-6-5-7-11-21)25(28)26-20-9-8-12-22(18-20)34(29,30)27(2)3/h5-14,17-18H,4,15-16H2,1-3H3,(H,26,28). The first-order valence-electron chi connectivity index (χ1n) is 10.7. The number of benzene rings is 3. The Morgan fingerprint density at radius 1 is 0.853 bits per heavy atom. The molecule has 0 fully saturated rings. The topological polar surface area (TPSA) is 94.2 Å². The molecule has 3 aromatic carbocycles. The lowest BCUT2D eigenvalue weighted by atomic mass is 10.2. The van der Waals surface area contributed by atoms with Crippen molar-refractivity contribution in [3.8, 4) is 17.2 Å². The van der Waals surface area contributed by atoms with E-state index in [0.717, 1.165) is 10.1 Å². The maximum absolute atomic E-state index is 12.8. The second-order valence-electron chi connectivity index (χ2n) is 7.37. The third-order valence-corrected chi connectivity index (χ3v) is 6.54. The van der Waals surface area contributed by atoms with Crippen LogP contribution >= 0.6 is 0 Å². The maximum atomic E-state index is 12.8. The summed E-state index contributed by atoms with van der Waals surface area (Å²) in [5.74, 6) is 1.28. The molecule has 3 aromatic rings. The molecular formula is C25H28N2O6S. The molecule has 0 radical (unpaired) electrons. The van der Waals surface area contributed by atoms with Gasteiger partial charge in [-0.2, -0.15) is 0 Å². The number of carbonyl (C=O) groups excluding carboxylic acids is 1. The van der Waals surface area contributed by atoms with Crippen LogP contribution < -0.4 is 19.5 Å². The minimum Gasteiger partial charge on any atom is -0.490 e. The van der Waals surface area contributed by atoms with Crippen LogP contribution in [0.25, 0.3) is 0 Å². The van der Waals surface area contributed by atoms with Gasteiger partial charge >= 0.3 is 0 Å². The molecule has 180 valence electrons.